The number of carbonyl (C=O) groups excluding carboxylic acids is 3. The summed E-state index contributed by atoms with van der Waals surface area (Å²) in [4.78, 5) is 46.2. The monoisotopic (exact) mass is 602 g/mol. The molecule has 0 aromatic heterocycles. The molecule has 2 bridgehead atoms. The van der Waals surface area contributed by atoms with E-state index in [1.165, 1.54) is 12.8 Å². The van der Waals surface area contributed by atoms with Crippen LogP contribution in [0.1, 0.15) is 64.7 Å². The summed E-state index contributed by atoms with van der Waals surface area (Å²) in [6.07, 6.45) is 13.0. The minimum Gasteiger partial charge on any atom is -0.359 e. The van der Waals surface area contributed by atoms with Crippen molar-refractivity contribution in [1.29, 1.82) is 0 Å². The number of ether oxygens (including phenoxy) is 1. The molecule has 1 aromatic rings. The van der Waals surface area contributed by atoms with Gasteiger partial charge in [0.1, 0.15) is 11.6 Å². The lowest BCUT2D eigenvalue weighted by molar-refractivity contribution is -0.141. The summed E-state index contributed by atoms with van der Waals surface area (Å²) in [6, 6.07) is 4.62. The first-order valence-corrected chi connectivity index (χ1v) is 16.1. The quantitative estimate of drug-likeness (QED) is 0.417. The molecule has 4 fully saturated rings. The van der Waals surface area contributed by atoms with Crippen LogP contribution in [-0.4, -0.2) is 77.0 Å². The summed E-state index contributed by atoms with van der Waals surface area (Å²) in [7, 11) is 0. The summed E-state index contributed by atoms with van der Waals surface area (Å²) >= 11 is 12.3. The minimum atomic E-state index is -1.17. The van der Waals surface area contributed by atoms with E-state index in [2.05, 4.69) is 22.5 Å². The van der Waals surface area contributed by atoms with Crippen molar-refractivity contribution < 1.29 is 19.1 Å². The summed E-state index contributed by atoms with van der Waals surface area (Å²) in [5, 5.41) is 6.97. The zero-order chi connectivity index (χ0) is 28.7. The third-order valence-corrected chi connectivity index (χ3v) is 10.3. The number of likely N-dealkylation sites (tertiary alicyclic amines) is 2. The second-order valence-corrected chi connectivity index (χ2v) is 13.2. The molecule has 3 saturated heterocycles. The average molecular weight is 604 g/mol. The molecular weight excluding hydrogens is 563 g/mol. The predicted molar refractivity (Wildman–Crippen MR) is 159 cm³/mol. The van der Waals surface area contributed by atoms with Crippen molar-refractivity contribution in [3.63, 3.8) is 0 Å². The molecular formula is C31H40Cl2N4O4. The SMILES string of the molecule is CCC1CCCCN1CCN1C(=O)C2C(C(=O)Nc3cc(Cl)cc(Cl)c3)C3C=CC2(O3)C1C(=O)NC1CCCCC1. The Morgan fingerprint density at radius 1 is 1.00 bits per heavy atom. The molecule has 41 heavy (non-hydrogen) atoms. The van der Waals surface area contributed by atoms with E-state index in [9.17, 15) is 14.4 Å². The zero-order valence-electron chi connectivity index (χ0n) is 23.6. The summed E-state index contributed by atoms with van der Waals surface area (Å²) in [5.41, 5.74) is -0.710. The van der Waals surface area contributed by atoms with Crippen LogP contribution >= 0.6 is 23.2 Å². The molecule has 0 radical (unpaired) electrons. The lowest BCUT2D eigenvalue weighted by Gasteiger charge is -2.38. The molecule has 4 aliphatic heterocycles. The van der Waals surface area contributed by atoms with E-state index in [1.54, 1.807) is 23.1 Å². The topological polar surface area (TPSA) is 91.0 Å². The van der Waals surface area contributed by atoms with Gasteiger partial charge in [0, 0.05) is 40.9 Å². The molecule has 6 rings (SSSR count). The molecule has 1 spiro atoms. The Labute approximate surface area is 252 Å². The van der Waals surface area contributed by atoms with Crippen LogP contribution in [0.4, 0.5) is 5.69 Å². The van der Waals surface area contributed by atoms with Crippen LogP contribution in [0.25, 0.3) is 0 Å². The number of anilines is 1. The van der Waals surface area contributed by atoms with E-state index in [1.807, 2.05) is 12.2 Å². The van der Waals surface area contributed by atoms with Crippen molar-refractivity contribution in [2.75, 3.05) is 25.0 Å². The number of hydrogen-bond donors (Lipinski definition) is 2. The van der Waals surface area contributed by atoms with Gasteiger partial charge in [-0.05, 0) is 56.8 Å². The number of amides is 3. The van der Waals surface area contributed by atoms with E-state index in [4.69, 9.17) is 27.9 Å². The van der Waals surface area contributed by atoms with Crippen LogP contribution in [0.3, 0.4) is 0 Å². The van der Waals surface area contributed by atoms with Crippen molar-refractivity contribution in [1.82, 2.24) is 15.1 Å². The summed E-state index contributed by atoms with van der Waals surface area (Å²) in [6.45, 7) is 4.34. The highest BCUT2D eigenvalue weighted by molar-refractivity contribution is 6.35. The number of piperidine rings is 1. The molecule has 5 aliphatic rings. The fraction of sp³-hybridized carbons (Fsp3) is 0.645. The first-order valence-electron chi connectivity index (χ1n) is 15.3. The van der Waals surface area contributed by atoms with Crippen molar-refractivity contribution in [3.8, 4) is 0 Å². The number of nitrogens with zero attached hydrogens (tertiary/aromatic N) is 2. The number of halogens is 2. The number of rotatable bonds is 8. The van der Waals surface area contributed by atoms with Crippen molar-refractivity contribution in [2.24, 2.45) is 11.8 Å². The van der Waals surface area contributed by atoms with Crippen molar-refractivity contribution in [3.05, 3.63) is 40.4 Å². The number of carbonyl (C=O) groups is 3. The number of hydrogen-bond acceptors (Lipinski definition) is 5. The number of nitrogens with one attached hydrogen (secondary N) is 2. The fourth-order valence-electron chi connectivity index (χ4n) is 7.94. The van der Waals surface area contributed by atoms with E-state index >= 15 is 0 Å². The van der Waals surface area contributed by atoms with Crippen LogP contribution in [0.5, 0.6) is 0 Å². The second-order valence-electron chi connectivity index (χ2n) is 12.3. The first kappa shape index (κ1) is 29.0. The Bertz CT molecular complexity index is 1200. The molecule has 1 aromatic carbocycles. The van der Waals surface area contributed by atoms with Gasteiger partial charge >= 0.3 is 0 Å². The van der Waals surface area contributed by atoms with Gasteiger partial charge in [-0.3, -0.25) is 19.3 Å². The number of benzene rings is 1. The number of fused-ring (bicyclic) bond motifs is 1. The molecule has 3 amide bonds. The smallest absolute Gasteiger partial charge is 0.246 e. The molecule has 2 N–H and O–H groups in total. The van der Waals surface area contributed by atoms with Gasteiger partial charge in [-0.15, -0.1) is 0 Å². The molecule has 6 atom stereocenters. The summed E-state index contributed by atoms with van der Waals surface area (Å²) < 4.78 is 6.50. The van der Waals surface area contributed by atoms with Crippen molar-refractivity contribution in [2.45, 2.75) is 94.5 Å². The highest BCUT2D eigenvalue weighted by Gasteiger charge is 2.72. The van der Waals surface area contributed by atoms with Crippen LogP contribution < -0.4 is 10.6 Å². The maximum Gasteiger partial charge on any atom is 0.246 e. The molecule has 6 unspecified atom stereocenters. The Morgan fingerprint density at radius 2 is 1.73 bits per heavy atom. The van der Waals surface area contributed by atoms with E-state index in [-0.39, 0.29) is 23.8 Å². The van der Waals surface area contributed by atoms with Crippen LogP contribution in [0.15, 0.2) is 30.4 Å². The molecule has 4 heterocycles. The standard InChI is InChI=1S/C31H40Cl2N4O4/c1-2-23-10-6-7-13-36(23)14-15-37-27(29(39)34-21-8-4-3-5-9-21)31-12-11-24(41-31)25(26(31)30(37)40)28(38)35-22-17-19(32)16-20(33)18-22/h11-12,16-18,21,23-27H,2-10,13-15H2,1H3,(H,34,39)(H,35,38). The van der Waals surface area contributed by atoms with E-state index in [0.29, 0.717) is 34.9 Å². The maximum absolute atomic E-state index is 14.3. The third kappa shape index (κ3) is 5.41. The Hall–Kier alpha value is -2.13. The summed E-state index contributed by atoms with van der Waals surface area (Å²) in [5.74, 6) is -2.24. The van der Waals surface area contributed by atoms with Crippen LogP contribution in [-0.2, 0) is 19.1 Å². The average Bonchev–Trinajstić information content (AvgIpc) is 3.59. The lowest BCUT2D eigenvalue weighted by atomic mass is 9.74. The molecule has 1 saturated carbocycles. The maximum atomic E-state index is 14.3. The van der Waals surface area contributed by atoms with Crippen LogP contribution in [0, 0.1) is 11.8 Å². The molecule has 10 heteroatoms. The van der Waals surface area contributed by atoms with Gasteiger partial charge in [-0.25, -0.2) is 0 Å². The lowest BCUT2D eigenvalue weighted by Crippen LogP contribution is -2.57. The van der Waals surface area contributed by atoms with Crippen LogP contribution in [0.2, 0.25) is 10.0 Å². The Kier molecular flexibility index (Phi) is 8.38. The largest absolute Gasteiger partial charge is 0.359 e. The molecule has 8 nitrogen and oxygen atoms in total. The van der Waals surface area contributed by atoms with Gasteiger partial charge in [0.2, 0.25) is 17.7 Å². The minimum absolute atomic E-state index is 0.101. The van der Waals surface area contributed by atoms with Gasteiger partial charge < -0.3 is 20.3 Å². The highest BCUT2D eigenvalue weighted by atomic mass is 35.5. The zero-order valence-corrected chi connectivity index (χ0v) is 25.1. The van der Waals surface area contributed by atoms with Gasteiger partial charge in [-0.1, -0.05) is 68.0 Å². The van der Waals surface area contributed by atoms with Gasteiger partial charge in [-0.2, -0.15) is 0 Å². The van der Waals surface area contributed by atoms with Gasteiger partial charge in [0.05, 0.1) is 17.9 Å². The Morgan fingerprint density at radius 3 is 2.46 bits per heavy atom. The normalized spacial score (nSPS) is 33.3. The van der Waals surface area contributed by atoms with Crippen molar-refractivity contribution >= 4 is 46.6 Å². The Balaban J connectivity index is 1.27. The van der Waals surface area contributed by atoms with Gasteiger partial charge in [0.15, 0.2) is 0 Å². The van der Waals surface area contributed by atoms with E-state index < -0.39 is 29.6 Å². The molecule has 222 valence electrons. The molecule has 1 aliphatic carbocycles. The third-order valence-electron chi connectivity index (χ3n) is 9.86. The first-order chi connectivity index (χ1) is 19.8. The van der Waals surface area contributed by atoms with E-state index in [0.717, 1.165) is 51.5 Å². The highest BCUT2D eigenvalue weighted by Crippen LogP contribution is 2.55. The van der Waals surface area contributed by atoms with Gasteiger partial charge in [0.25, 0.3) is 0 Å². The fourth-order valence-corrected chi connectivity index (χ4v) is 8.47. The predicted octanol–water partition coefficient (Wildman–Crippen LogP) is 4.80. The second kappa shape index (κ2) is 11.9.